The topological polar surface area (TPSA) is 115 Å². The van der Waals surface area contributed by atoms with Gasteiger partial charge in [-0.25, -0.2) is 4.98 Å². The Labute approximate surface area is 165 Å². The molecular weight excluding hydrogens is 382 g/mol. The Balaban J connectivity index is 1.81. The highest BCUT2D eigenvalue weighted by Gasteiger charge is 2.15. The summed E-state index contributed by atoms with van der Waals surface area (Å²) >= 11 is 5.83. The zero-order valence-electron chi connectivity index (χ0n) is 14.6. The monoisotopic (exact) mass is 397 g/mol. The van der Waals surface area contributed by atoms with Gasteiger partial charge in [-0.3, -0.25) is 9.59 Å². The van der Waals surface area contributed by atoms with Crippen molar-refractivity contribution in [2.45, 2.75) is 13.0 Å². The lowest BCUT2D eigenvalue weighted by molar-refractivity contribution is -0.120. The number of hydrogen-bond acceptors (Lipinski definition) is 5. The smallest absolute Gasteiger partial charge is 0.274 e. The molecule has 0 saturated heterocycles. The molecule has 2 heterocycles. The molecule has 0 aliphatic heterocycles. The largest absolute Gasteiger partial charge is 0.505 e. The molecule has 0 saturated carbocycles. The first-order valence-electron chi connectivity index (χ1n) is 8.32. The van der Waals surface area contributed by atoms with Gasteiger partial charge in [0.25, 0.3) is 5.56 Å². The number of pyridine rings is 2. The third-order valence-corrected chi connectivity index (χ3v) is 4.21. The van der Waals surface area contributed by atoms with Gasteiger partial charge in [-0.15, -0.1) is 0 Å². The van der Waals surface area contributed by atoms with Crippen LogP contribution in [-0.4, -0.2) is 32.7 Å². The summed E-state index contributed by atoms with van der Waals surface area (Å²) in [5.41, 5.74) is 0.901. The van der Waals surface area contributed by atoms with Crippen LogP contribution in [0.3, 0.4) is 0 Å². The normalized spacial score (nSPS) is 10.4. The highest BCUT2D eigenvalue weighted by atomic mass is 35.5. The number of aliphatic hydroxyl groups is 1. The summed E-state index contributed by atoms with van der Waals surface area (Å²) in [7, 11) is 0. The van der Waals surface area contributed by atoms with Crippen molar-refractivity contribution in [3.8, 4) is 17.6 Å². The molecule has 0 unspecified atom stereocenters. The third-order valence-electron chi connectivity index (χ3n) is 3.96. The van der Waals surface area contributed by atoms with Gasteiger partial charge in [0.2, 0.25) is 5.91 Å². The zero-order chi connectivity index (χ0) is 20.1. The van der Waals surface area contributed by atoms with E-state index in [9.17, 15) is 14.7 Å². The third kappa shape index (κ3) is 4.49. The van der Waals surface area contributed by atoms with E-state index in [-0.39, 0.29) is 47.8 Å². The number of aromatic nitrogens is 2. The zero-order valence-corrected chi connectivity index (χ0v) is 15.4. The minimum atomic E-state index is -0.519. The Bertz CT molecular complexity index is 1140. The van der Waals surface area contributed by atoms with Gasteiger partial charge < -0.3 is 20.5 Å². The number of aromatic amines is 1. The Morgan fingerprint density at radius 3 is 2.75 bits per heavy atom. The molecule has 0 fully saturated rings. The van der Waals surface area contributed by atoms with E-state index in [1.54, 1.807) is 24.3 Å². The number of benzene rings is 1. The van der Waals surface area contributed by atoms with Crippen LogP contribution in [0.2, 0.25) is 5.02 Å². The molecule has 0 spiro atoms. The number of fused-ring (bicyclic) bond motifs is 1. The van der Waals surface area contributed by atoms with Crippen LogP contribution in [-0.2, 0) is 17.8 Å². The fourth-order valence-electron chi connectivity index (χ4n) is 2.61. The van der Waals surface area contributed by atoms with Crippen LogP contribution < -0.4 is 10.9 Å². The van der Waals surface area contributed by atoms with Gasteiger partial charge in [-0.05, 0) is 23.8 Å². The van der Waals surface area contributed by atoms with Gasteiger partial charge >= 0.3 is 0 Å². The van der Waals surface area contributed by atoms with Crippen molar-refractivity contribution in [3.05, 3.63) is 68.7 Å². The average molecular weight is 398 g/mol. The Hall–Kier alpha value is -3.34. The second-order valence-electron chi connectivity index (χ2n) is 5.94. The summed E-state index contributed by atoms with van der Waals surface area (Å²) < 4.78 is 0. The molecule has 8 heteroatoms. The van der Waals surface area contributed by atoms with Crippen LogP contribution in [0.15, 0.2) is 41.3 Å². The Morgan fingerprint density at radius 1 is 1.29 bits per heavy atom. The SMILES string of the molecule is O=C(Cc1[nH]c(=O)c2ncc(C#CCO)cc2c1O)NCc1ccc(Cl)cc1. The summed E-state index contributed by atoms with van der Waals surface area (Å²) in [5.74, 6) is 4.52. The van der Waals surface area contributed by atoms with Crippen molar-refractivity contribution in [2.24, 2.45) is 0 Å². The number of nitrogens with zero attached hydrogens (tertiary/aromatic N) is 1. The summed E-state index contributed by atoms with van der Waals surface area (Å²) in [6.07, 6.45) is 1.16. The number of halogens is 1. The number of carbonyl (C=O) groups is 1. The van der Waals surface area contributed by atoms with Crippen LogP contribution in [0.5, 0.6) is 5.75 Å². The number of H-pyrrole nitrogens is 1. The van der Waals surface area contributed by atoms with Crippen molar-refractivity contribution < 1.29 is 15.0 Å². The predicted octanol–water partition coefficient (Wildman–Crippen LogP) is 1.48. The molecule has 142 valence electrons. The molecule has 4 N–H and O–H groups in total. The molecule has 1 aromatic carbocycles. The van der Waals surface area contributed by atoms with E-state index in [4.69, 9.17) is 16.7 Å². The molecule has 28 heavy (non-hydrogen) atoms. The Kier molecular flexibility index (Phi) is 5.94. The van der Waals surface area contributed by atoms with E-state index in [1.807, 2.05) is 0 Å². The lowest BCUT2D eigenvalue weighted by atomic mass is 10.1. The van der Waals surface area contributed by atoms with Gasteiger partial charge in [0.1, 0.15) is 17.9 Å². The van der Waals surface area contributed by atoms with Gasteiger partial charge in [0.05, 0.1) is 17.5 Å². The molecule has 3 aromatic rings. The fourth-order valence-corrected chi connectivity index (χ4v) is 2.73. The first-order chi connectivity index (χ1) is 13.5. The molecule has 7 nitrogen and oxygen atoms in total. The van der Waals surface area contributed by atoms with E-state index in [2.05, 4.69) is 27.1 Å². The lowest BCUT2D eigenvalue weighted by Crippen LogP contribution is -2.26. The van der Waals surface area contributed by atoms with E-state index in [0.29, 0.717) is 10.6 Å². The number of hydrogen-bond donors (Lipinski definition) is 4. The maximum absolute atomic E-state index is 12.2. The highest BCUT2D eigenvalue weighted by molar-refractivity contribution is 6.30. The predicted molar refractivity (Wildman–Crippen MR) is 105 cm³/mol. The minimum Gasteiger partial charge on any atom is -0.505 e. The fraction of sp³-hybridized carbons (Fsp3) is 0.150. The van der Waals surface area contributed by atoms with Crippen molar-refractivity contribution in [1.82, 2.24) is 15.3 Å². The van der Waals surface area contributed by atoms with Gasteiger partial charge in [0, 0.05) is 23.3 Å². The number of carbonyl (C=O) groups excluding carboxylic acids is 1. The standard InChI is InChI=1S/C20H16ClN3O4/c21-14-5-3-12(4-6-14)10-22-17(26)9-16-19(27)15-8-13(2-1-7-25)11-23-18(15)20(28)24-16/h3-6,8,11,25,27H,7,9-10H2,(H,22,26)(H,24,28). The second-order valence-corrected chi connectivity index (χ2v) is 6.38. The summed E-state index contributed by atoms with van der Waals surface area (Å²) in [6, 6.07) is 8.52. The van der Waals surface area contributed by atoms with Gasteiger partial charge in [-0.2, -0.15) is 0 Å². The summed E-state index contributed by atoms with van der Waals surface area (Å²) in [4.78, 5) is 30.9. The first-order valence-corrected chi connectivity index (χ1v) is 8.70. The number of aliphatic hydroxyl groups excluding tert-OH is 1. The van der Waals surface area contributed by atoms with Gasteiger partial charge in [0.15, 0.2) is 0 Å². The average Bonchev–Trinajstić information content (AvgIpc) is 2.69. The molecule has 1 amide bonds. The summed E-state index contributed by atoms with van der Waals surface area (Å²) in [5, 5.41) is 22.8. The van der Waals surface area contributed by atoms with Crippen molar-refractivity contribution >= 4 is 28.4 Å². The Morgan fingerprint density at radius 2 is 2.04 bits per heavy atom. The van der Waals surface area contributed by atoms with E-state index in [1.165, 1.54) is 12.3 Å². The highest BCUT2D eigenvalue weighted by Crippen LogP contribution is 2.24. The van der Waals surface area contributed by atoms with E-state index < -0.39 is 5.56 Å². The van der Waals surface area contributed by atoms with Crippen LogP contribution >= 0.6 is 11.6 Å². The molecule has 0 aliphatic carbocycles. The van der Waals surface area contributed by atoms with E-state index >= 15 is 0 Å². The number of amides is 1. The van der Waals surface area contributed by atoms with Crippen LogP contribution in [0.25, 0.3) is 10.9 Å². The van der Waals surface area contributed by atoms with Crippen LogP contribution in [0, 0.1) is 11.8 Å². The summed E-state index contributed by atoms with van der Waals surface area (Å²) in [6.45, 7) is -0.0323. The molecule has 0 aliphatic rings. The van der Waals surface area contributed by atoms with Gasteiger partial charge in [-0.1, -0.05) is 35.6 Å². The van der Waals surface area contributed by atoms with Crippen LogP contribution in [0.4, 0.5) is 0 Å². The maximum Gasteiger partial charge on any atom is 0.274 e. The van der Waals surface area contributed by atoms with E-state index in [0.717, 1.165) is 5.56 Å². The lowest BCUT2D eigenvalue weighted by Gasteiger charge is -2.09. The first kappa shape index (κ1) is 19.4. The van der Waals surface area contributed by atoms with Crippen molar-refractivity contribution in [1.29, 1.82) is 0 Å². The van der Waals surface area contributed by atoms with Crippen molar-refractivity contribution in [3.63, 3.8) is 0 Å². The molecule has 0 atom stereocenters. The van der Waals surface area contributed by atoms with Crippen molar-refractivity contribution in [2.75, 3.05) is 6.61 Å². The minimum absolute atomic E-state index is 0.0392. The number of nitrogens with one attached hydrogen (secondary N) is 2. The molecule has 3 rings (SSSR count). The second kappa shape index (κ2) is 8.57. The van der Waals surface area contributed by atoms with Crippen LogP contribution in [0.1, 0.15) is 16.8 Å². The molecule has 2 aromatic heterocycles. The molecule has 0 bridgehead atoms. The molecule has 0 radical (unpaired) electrons. The number of aromatic hydroxyl groups is 1. The quantitative estimate of drug-likeness (QED) is 0.498. The maximum atomic E-state index is 12.2. The molecular formula is C20H16ClN3O4. The number of rotatable bonds is 4.